The number of carboxylic acids is 1. The van der Waals surface area contributed by atoms with Gasteiger partial charge in [-0.15, -0.1) is 0 Å². The summed E-state index contributed by atoms with van der Waals surface area (Å²) in [7, 11) is 0. The standard InChI is InChI=1S/C21H22FIN2O3/c22-16-7-5-15(6-8-16)19(9-10-20(26)27)24-11-13-25(14-12-24)21(28)17-3-1-2-4-18(17)23/h1-8,19H,9-14H2,(H,26,27)/t19-/m0/s1. The van der Waals surface area contributed by atoms with E-state index >= 15 is 0 Å². The highest BCUT2D eigenvalue weighted by Crippen LogP contribution is 2.28. The SMILES string of the molecule is O=C(O)CC[C@@H](c1ccc(F)cc1)N1CCN(C(=O)c2ccccc2I)CC1. The highest BCUT2D eigenvalue weighted by atomic mass is 127. The molecule has 1 saturated heterocycles. The average molecular weight is 496 g/mol. The summed E-state index contributed by atoms with van der Waals surface area (Å²) < 4.78 is 14.2. The van der Waals surface area contributed by atoms with E-state index in [2.05, 4.69) is 27.5 Å². The lowest BCUT2D eigenvalue weighted by Gasteiger charge is -2.39. The highest BCUT2D eigenvalue weighted by Gasteiger charge is 2.28. The third-order valence-electron chi connectivity index (χ3n) is 5.03. The maximum Gasteiger partial charge on any atom is 0.303 e. The van der Waals surface area contributed by atoms with Gasteiger partial charge in [0.05, 0.1) is 5.56 Å². The van der Waals surface area contributed by atoms with Gasteiger partial charge in [-0.05, 0) is 58.8 Å². The molecule has 0 aliphatic carbocycles. The van der Waals surface area contributed by atoms with E-state index in [0.29, 0.717) is 38.2 Å². The molecule has 1 aliphatic rings. The first-order valence-electron chi connectivity index (χ1n) is 9.21. The maximum absolute atomic E-state index is 13.3. The number of hydrogen-bond donors (Lipinski definition) is 1. The summed E-state index contributed by atoms with van der Waals surface area (Å²) in [6.07, 6.45) is 0.495. The molecule has 3 rings (SSSR count). The normalized spacial score (nSPS) is 16.0. The Bertz CT molecular complexity index is 836. The van der Waals surface area contributed by atoms with E-state index in [9.17, 15) is 14.0 Å². The summed E-state index contributed by atoms with van der Waals surface area (Å²) in [6, 6.07) is 13.7. The number of halogens is 2. The molecule has 5 nitrogen and oxygen atoms in total. The summed E-state index contributed by atoms with van der Waals surface area (Å²) in [6.45, 7) is 2.46. The second-order valence-electron chi connectivity index (χ2n) is 6.81. The maximum atomic E-state index is 13.3. The van der Waals surface area contributed by atoms with Crippen LogP contribution < -0.4 is 0 Å². The second-order valence-corrected chi connectivity index (χ2v) is 7.97. The molecule has 0 saturated carbocycles. The van der Waals surface area contributed by atoms with Crippen molar-refractivity contribution in [3.8, 4) is 0 Å². The quantitative estimate of drug-likeness (QED) is 0.619. The number of amides is 1. The Morgan fingerprint density at radius 1 is 1.04 bits per heavy atom. The van der Waals surface area contributed by atoms with Crippen LogP contribution in [0, 0.1) is 9.39 Å². The fourth-order valence-electron chi connectivity index (χ4n) is 3.55. The van der Waals surface area contributed by atoms with Gasteiger partial charge in [-0.1, -0.05) is 24.3 Å². The Morgan fingerprint density at radius 3 is 2.29 bits per heavy atom. The molecule has 0 radical (unpaired) electrons. The molecule has 2 aromatic rings. The molecule has 148 valence electrons. The van der Waals surface area contributed by atoms with Gasteiger partial charge < -0.3 is 10.0 Å². The van der Waals surface area contributed by atoms with Crippen molar-refractivity contribution in [3.63, 3.8) is 0 Å². The van der Waals surface area contributed by atoms with Crippen LogP contribution in [0.15, 0.2) is 48.5 Å². The molecule has 1 heterocycles. The molecule has 1 fully saturated rings. The van der Waals surface area contributed by atoms with Crippen LogP contribution in [0.3, 0.4) is 0 Å². The van der Waals surface area contributed by atoms with Crippen LogP contribution in [0.4, 0.5) is 4.39 Å². The van der Waals surface area contributed by atoms with Gasteiger partial charge in [0.1, 0.15) is 5.82 Å². The van der Waals surface area contributed by atoms with Crippen molar-refractivity contribution in [1.82, 2.24) is 9.80 Å². The zero-order valence-corrected chi connectivity index (χ0v) is 17.5. The molecule has 2 aromatic carbocycles. The first-order chi connectivity index (χ1) is 13.5. The van der Waals surface area contributed by atoms with Gasteiger partial charge in [-0.2, -0.15) is 0 Å². The van der Waals surface area contributed by atoms with E-state index < -0.39 is 5.97 Å². The zero-order chi connectivity index (χ0) is 20.1. The predicted octanol–water partition coefficient (Wildman–Crippen LogP) is 3.79. The smallest absolute Gasteiger partial charge is 0.303 e. The summed E-state index contributed by atoms with van der Waals surface area (Å²) in [5, 5.41) is 9.09. The minimum absolute atomic E-state index is 0.0218. The van der Waals surface area contributed by atoms with E-state index in [1.54, 1.807) is 12.1 Å². The molecular weight excluding hydrogens is 474 g/mol. The Kier molecular flexibility index (Phi) is 7.01. The van der Waals surface area contributed by atoms with Crippen LogP contribution in [0.1, 0.15) is 34.8 Å². The number of rotatable bonds is 6. The van der Waals surface area contributed by atoms with Crippen molar-refractivity contribution >= 4 is 34.5 Å². The van der Waals surface area contributed by atoms with Crippen LogP contribution in [0.2, 0.25) is 0 Å². The third kappa shape index (κ3) is 5.08. The highest BCUT2D eigenvalue weighted by molar-refractivity contribution is 14.1. The van der Waals surface area contributed by atoms with Crippen molar-refractivity contribution in [3.05, 3.63) is 69.0 Å². The minimum atomic E-state index is -0.848. The monoisotopic (exact) mass is 496 g/mol. The van der Waals surface area contributed by atoms with Gasteiger partial charge >= 0.3 is 5.97 Å². The number of nitrogens with zero attached hydrogens (tertiary/aromatic N) is 2. The van der Waals surface area contributed by atoms with Crippen LogP contribution in [0.5, 0.6) is 0 Å². The molecule has 7 heteroatoms. The first-order valence-corrected chi connectivity index (χ1v) is 10.3. The van der Waals surface area contributed by atoms with Gasteiger partial charge in [0.2, 0.25) is 0 Å². The molecule has 0 spiro atoms. The zero-order valence-electron chi connectivity index (χ0n) is 15.4. The van der Waals surface area contributed by atoms with E-state index in [4.69, 9.17) is 5.11 Å². The van der Waals surface area contributed by atoms with Gasteiger partial charge in [0.15, 0.2) is 0 Å². The summed E-state index contributed by atoms with van der Waals surface area (Å²) in [4.78, 5) is 27.9. The van der Waals surface area contributed by atoms with Gasteiger partial charge in [-0.3, -0.25) is 14.5 Å². The number of piperazine rings is 1. The Morgan fingerprint density at radius 2 is 1.68 bits per heavy atom. The van der Waals surface area contributed by atoms with Crippen LogP contribution >= 0.6 is 22.6 Å². The Hall–Kier alpha value is -2.00. The topological polar surface area (TPSA) is 60.9 Å². The van der Waals surface area contributed by atoms with Crippen molar-refractivity contribution in [1.29, 1.82) is 0 Å². The molecule has 1 amide bonds. The summed E-state index contributed by atoms with van der Waals surface area (Å²) in [5.74, 6) is -1.14. The molecular formula is C21H22FIN2O3. The van der Waals surface area contributed by atoms with Crippen LogP contribution in [-0.4, -0.2) is 53.0 Å². The minimum Gasteiger partial charge on any atom is -0.481 e. The van der Waals surface area contributed by atoms with Gasteiger partial charge in [-0.25, -0.2) is 4.39 Å². The fraction of sp³-hybridized carbons (Fsp3) is 0.333. The average Bonchev–Trinajstić information content (AvgIpc) is 2.69. The molecule has 1 N–H and O–H groups in total. The van der Waals surface area contributed by atoms with Crippen molar-refractivity contribution < 1.29 is 19.1 Å². The van der Waals surface area contributed by atoms with Crippen molar-refractivity contribution in [2.24, 2.45) is 0 Å². The number of hydrogen-bond acceptors (Lipinski definition) is 3. The molecule has 0 aromatic heterocycles. The van der Waals surface area contributed by atoms with Gasteiger partial charge in [0, 0.05) is 42.2 Å². The van der Waals surface area contributed by atoms with Crippen molar-refractivity contribution in [2.75, 3.05) is 26.2 Å². The second kappa shape index (κ2) is 9.47. The predicted molar refractivity (Wildman–Crippen MR) is 113 cm³/mol. The number of benzene rings is 2. The first kappa shape index (κ1) is 20.7. The Balaban J connectivity index is 1.69. The number of carboxylic acid groups (broad SMARTS) is 1. The van der Waals surface area contributed by atoms with E-state index in [0.717, 1.165) is 9.13 Å². The lowest BCUT2D eigenvalue weighted by atomic mass is 9.99. The van der Waals surface area contributed by atoms with Crippen molar-refractivity contribution in [2.45, 2.75) is 18.9 Å². The van der Waals surface area contributed by atoms with Gasteiger partial charge in [0.25, 0.3) is 5.91 Å². The molecule has 0 bridgehead atoms. The fourth-order valence-corrected chi connectivity index (χ4v) is 4.16. The lowest BCUT2D eigenvalue weighted by Crippen LogP contribution is -2.49. The van der Waals surface area contributed by atoms with E-state index in [1.807, 2.05) is 29.2 Å². The number of carbonyl (C=O) groups is 2. The lowest BCUT2D eigenvalue weighted by molar-refractivity contribution is -0.137. The van der Waals surface area contributed by atoms with E-state index in [-0.39, 0.29) is 24.2 Å². The third-order valence-corrected chi connectivity index (χ3v) is 5.97. The molecule has 1 atom stereocenters. The van der Waals surface area contributed by atoms with E-state index in [1.165, 1.54) is 12.1 Å². The number of aliphatic carboxylic acids is 1. The summed E-state index contributed by atoms with van der Waals surface area (Å²) >= 11 is 2.17. The molecule has 1 aliphatic heterocycles. The molecule has 0 unspecified atom stereocenters. The Labute approximate surface area is 177 Å². The van der Waals surface area contributed by atoms with Crippen LogP contribution in [-0.2, 0) is 4.79 Å². The molecule has 28 heavy (non-hydrogen) atoms. The summed E-state index contributed by atoms with van der Waals surface area (Å²) in [5.41, 5.74) is 1.61. The largest absolute Gasteiger partial charge is 0.481 e. The number of carbonyl (C=O) groups excluding carboxylic acids is 1. The van der Waals surface area contributed by atoms with Crippen LogP contribution in [0.25, 0.3) is 0 Å².